The van der Waals surface area contributed by atoms with Gasteiger partial charge in [-0.15, -0.1) is 0 Å². The molecule has 1 N–H and O–H groups in total. The van der Waals surface area contributed by atoms with Crippen LogP contribution in [0, 0.1) is 5.82 Å². The molecule has 8 heteroatoms. The summed E-state index contributed by atoms with van der Waals surface area (Å²) in [6.07, 6.45) is 0. The molecule has 4 rings (SSSR count). The first kappa shape index (κ1) is 21.1. The van der Waals surface area contributed by atoms with E-state index in [9.17, 15) is 17.6 Å². The summed E-state index contributed by atoms with van der Waals surface area (Å²) >= 11 is 6.18. The minimum absolute atomic E-state index is 0.0110. The van der Waals surface area contributed by atoms with Gasteiger partial charge >= 0.3 is 0 Å². The third-order valence-corrected chi connectivity index (χ3v) is 7.10. The van der Waals surface area contributed by atoms with E-state index in [4.69, 9.17) is 11.6 Å². The molecule has 3 aromatic carbocycles. The third kappa shape index (κ3) is 3.94. The highest BCUT2D eigenvalue weighted by atomic mass is 35.5. The summed E-state index contributed by atoms with van der Waals surface area (Å²) in [6, 6.07) is 19.3. The van der Waals surface area contributed by atoms with E-state index in [0.29, 0.717) is 27.3 Å². The second kappa shape index (κ2) is 8.17. The molecule has 1 amide bonds. The summed E-state index contributed by atoms with van der Waals surface area (Å²) in [7, 11) is -2.60. The van der Waals surface area contributed by atoms with Crippen LogP contribution < -0.4 is 5.32 Å². The standard InChI is InChI=1S/C23H18ClFN2O3S/c1-27-22(23(28)26-14-15-7-10-18(25)11-8-15)21(16-5-3-2-4-6-16)19-13-17(24)9-12-20(19)31(27,29)30/h2-13H,14H2,1H3,(H,26,28). The average Bonchev–Trinajstić information content (AvgIpc) is 2.76. The Hall–Kier alpha value is -3.16. The molecular weight excluding hydrogens is 439 g/mol. The molecule has 31 heavy (non-hydrogen) atoms. The van der Waals surface area contributed by atoms with Crippen LogP contribution in [0.4, 0.5) is 4.39 Å². The smallest absolute Gasteiger partial charge is 0.269 e. The molecule has 5 nitrogen and oxygen atoms in total. The van der Waals surface area contributed by atoms with E-state index in [1.165, 1.54) is 31.3 Å². The van der Waals surface area contributed by atoms with Crippen LogP contribution in [0.5, 0.6) is 0 Å². The Morgan fingerprint density at radius 1 is 1.03 bits per heavy atom. The number of sulfonamides is 1. The van der Waals surface area contributed by atoms with Crippen molar-refractivity contribution in [2.24, 2.45) is 0 Å². The Kier molecular flexibility index (Phi) is 5.56. The Morgan fingerprint density at radius 2 is 1.71 bits per heavy atom. The molecule has 0 aliphatic carbocycles. The highest BCUT2D eigenvalue weighted by molar-refractivity contribution is 7.89. The van der Waals surface area contributed by atoms with Gasteiger partial charge in [0.15, 0.2) is 0 Å². The minimum Gasteiger partial charge on any atom is -0.347 e. The normalized spacial score (nSPS) is 14.9. The molecule has 0 radical (unpaired) electrons. The van der Waals surface area contributed by atoms with E-state index in [-0.39, 0.29) is 23.0 Å². The molecule has 0 unspecified atom stereocenters. The maximum Gasteiger partial charge on any atom is 0.269 e. The maximum absolute atomic E-state index is 13.2. The molecule has 0 aromatic heterocycles. The number of halogens is 2. The van der Waals surface area contributed by atoms with E-state index >= 15 is 0 Å². The van der Waals surface area contributed by atoms with Gasteiger partial charge in [-0.25, -0.2) is 12.8 Å². The van der Waals surface area contributed by atoms with Crippen LogP contribution in [0.25, 0.3) is 5.57 Å². The average molecular weight is 457 g/mol. The zero-order valence-electron chi connectivity index (χ0n) is 16.5. The van der Waals surface area contributed by atoms with Gasteiger partial charge in [-0.2, -0.15) is 0 Å². The lowest BCUT2D eigenvalue weighted by molar-refractivity contribution is -0.118. The first-order valence-corrected chi connectivity index (χ1v) is 11.2. The van der Waals surface area contributed by atoms with Crippen LogP contribution in [-0.4, -0.2) is 25.7 Å². The lowest BCUT2D eigenvalue weighted by Crippen LogP contribution is -2.39. The zero-order chi connectivity index (χ0) is 22.2. The fraction of sp³-hybridized carbons (Fsp3) is 0.0870. The monoisotopic (exact) mass is 456 g/mol. The minimum atomic E-state index is -3.95. The number of amides is 1. The van der Waals surface area contributed by atoms with Crippen LogP contribution >= 0.6 is 11.6 Å². The van der Waals surface area contributed by atoms with Gasteiger partial charge in [-0.3, -0.25) is 9.10 Å². The molecule has 0 fully saturated rings. The molecule has 0 saturated carbocycles. The summed E-state index contributed by atoms with van der Waals surface area (Å²) in [5.74, 6) is -0.948. The van der Waals surface area contributed by atoms with E-state index in [1.54, 1.807) is 30.3 Å². The second-order valence-corrected chi connectivity index (χ2v) is 9.39. The van der Waals surface area contributed by atoms with Gasteiger partial charge in [0, 0.05) is 29.8 Å². The zero-order valence-corrected chi connectivity index (χ0v) is 18.0. The van der Waals surface area contributed by atoms with E-state index in [1.807, 2.05) is 18.2 Å². The van der Waals surface area contributed by atoms with Crippen LogP contribution in [0.1, 0.15) is 16.7 Å². The van der Waals surface area contributed by atoms with Gasteiger partial charge in [-0.1, -0.05) is 54.1 Å². The van der Waals surface area contributed by atoms with Crippen LogP contribution in [-0.2, 0) is 21.4 Å². The van der Waals surface area contributed by atoms with Crippen molar-refractivity contribution in [1.29, 1.82) is 0 Å². The number of hydrogen-bond acceptors (Lipinski definition) is 3. The van der Waals surface area contributed by atoms with Crippen molar-refractivity contribution in [2.75, 3.05) is 7.05 Å². The fourth-order valence-electron chi connectivity index (χ4n) is 3.50. The van der Waals surface area contributed by atoms with Crippen molar-refractivity contribution in [2.45, 2.75) is 11.4 Å². The van der Waals surface area contributed by atoms with Crippen molar-refractivity contribution in [1.82, 2.24) is 9.62 Å². The van der Waals surface area contributed by atoms with Crippen LogP contribution in [0.15, 0.2) is 83.4 Å². The summed E-state index contributed by atoms with van der Waals surface area (Å²) in [6.45, 7) is 0.112. The molecular formula is C23H18ClFN2O3S. The highest BCUT2D eigenvalue weighted by Gasteiger charge is 2.38. The molecule has 0 saturated heterocycles. The van der Waals surface area contributed by atoms with Crippen molar-refractivity contribution in [3.8, 4) is 0 Å². The van der Waals surface area contributed by atoms with E-state index in [2.05, 4.69) is 5.32 Å². The largest absolute Gasteiger partial charge is 0.347 e. The first-order chi connectivity index (χ1) is 14.8. The highest BCUT2D eigenvalue weighted by Crippen LogP contribution is 2.40. The Morgan fingerprint density at radius 3 is 2.39 bits per heavy atom. The number of fused-ring (bicyclic) bond motifs is 1. The molecule has 0 atom stereocenters. The third-order valence-electron chi connectivity index (χ3n) is 5.04. The van der Waals surface area contributed by atoms with Crippen molar-refractivity contribution >= 4 is 33.1 Å². The Bertz CT molecular complexity index is 1290. The molecule has 1 aliphatic rings. The fourth-order valence-corrected chi connectivity index (χ4v) is 5.06. The predicted molar refractivity (Wildman–Crippen MR) is 117 cm³/mol. The van der Waals surface area contributed by atoms with Gasteiger partial charge in [-0.05, 0) is 41.5 Å². The van der Waals surface area contributed by atoms with Gasteiger partial charge in [0.2, 0.25) is 0 Å². The Balaban J connectivity index is 1.85. The predicted octanol–water partition coefficient (Wildman–Crippen LogP) is 4.19. The lowest BCUT2D eigenvalue weighted by atomic mass is 9.95. The number of nitrogens with zero attached hydrogens (tertiary/aromatic N) is 1. The number of nitrogens with one attached hydrogen (secondary N) is 1. The second-order valence-electron chi connectivity index (χ2n) is 7.01. The number of likely N-dealkylation sites (N-methyl/N-ethyl adjacent to an activating group) is 1. The number of carbonyl (C=O) groups excluding carboxylic acids is 1. The van der Waals surface area contributed by atoms with Gasteiger partial charge < -0.3 is 5.32 Å². The summed E-state index contributed by atoms with van der Waals surface area (Å²) in [5, 5.41) is 3.10. The SMILES string of the molecule is CN1C(C(=O)NCc2ccc(F)cc2)=C(c2ccccc2)c2cc(Cl)ccc2S1(=O)=O. The summed E-state index contributed by atoms with van der Waals surface area (Å²) < 4.78 is 40.4. The maximum atomic E-state index is 13.2. The van der Waals surface area contributed by atoms with Crippen molar-refractivity contribution in [3.05, 3.63) is 106 Å². The van der Waals surface area contributed by atoms with E-state index in [0.717, 1.165) is 4.31 Å². The molecule has 0 bridgehead atoms. The number of benzene rings is 3. The summed E-state index contributed by atoms with van der Waals surface area (Å²) in [4.78, 5) is 13.3. The molecule has 3 aromatic rings. The number of hydrogen-bond donors (Lipinski definition) is 1. The van der Waals surface area contributed by atoms with Gasteiger partial charge in [0.1, 0.15) is 11.5 Å². The quantitative estimate of drug-likeness (QED) is 0.640. The first-order valence-electron chi connectivity index (χ1n) is 9.40. The number of rotatable bonds is 4. The van der Waals surface area contributed by atoms with Crippen molar-refractivity contribution in [3.63, 3.8) is 0 Å². The number of carbonyl (C=O) groups is 1. The molecule has 1 aliphatic heterocycles. The molecule has 0 spiro atoms. The van der Waals surface area contributed by atoms with Gasteiger partial charge in [0.25, 0.3) is 15.9 Å². The van der Waals surface area contributed by atoms with Gasteiger partial charge in [0.05, 0.1) is 4.90 Å². The Labute approximate surface area is 184 Å². The lowest BCUT2D eigenvalue weighted by Gasteiger charge is -2.31. The summed E-state index contributed by atoms with van der Waals surface area (Å²) in [5.41, 5.74) is 2.18. The molecule has 1 heterocycles. The van der Waals surface area contributed by atoms with Crippen molar-refractivity contribution < 1.29 is 17.6 Å². The van der Waals surface area contributed by atoms with Crippen LogP contribution in [0.3, 0.4) is 0 Å². The van der Waals surface area contributed by atoms with E-state index < -0.39 is 15.9 Å². The topological polar surface area (TPSA) is 66.5 Å². The van der Waals surface area contributed by atoms with Crippen LogP contribution in [0.2, 0.25) is 5.02 Å². The molecule has 158 valence electrons.